The molecule has 4 nitrogen and oxygen atoms in total. The lowest BCUT2D eigenvalue weighted by Gasteiger charge is -2.18. The first-order valence-electron chi connectivity index (χ1n) is 4.71. The summed E-state index contributed by atoms with van der Waals surface area (Å²) in [5.41, 5.74) is 7.01. The molecule has 0 radical (unpaired) electrons. The van der Waals surface area contributed by atoms with E-state index in [0.717, 1.165) is 5.56 Å². The Morgan fingerprint density at radius 3 is 2.27 bits per heavy atom. The largest absolute Gasteiger partial charge is 0.329 e. The maximum Gasteiger partial charge on any atom is 0.236 e. The molecular formula is C10H16N2O2S. The minimum atomic E-state index is -3.27. The van der Waals surface area contributed by atoms with E-state index in [0.29, 0.717) is 5.69 Å². The van der Waals surface area contributed by atoms with Gasteiger partial charge in [-0.2, -0.15) is 0 Å². The lowest BCUT2D eigenvalue weighted by Crippen LogP contribution is -2.31. The summed E-state index contributed by atoms with van der Waals surface area (Å²) in [6, 6.07) is 7.32. The number of aryl methyl sites for hydroxylation is 1. The second-order valence-corrected chi connectivity index (χ2v) is 5.53. The molecule has 0 fully saturated rings. The van der Waals surface area contributed by atoms with E-state index in [1.165, 1.54) is 11.4 Å². The van der Waals surface area contributed by atoms with E-state index in [2.05, 4.69) is 0 Å². The Balaban J connectivity index is 2.94. The fourth-order valence-electron chi connectivity index (χ4n) is 1.20. The smallest absolute Gasteiger partial charge is 0.236 e. The second-order valence-electron chi connectivity index (χ2n) is 3.41. The number of hydrogen-bond donors (Lipinski definition) is 1. The predicted octanol–water partition coefficient (Wildman–Crippen LogP) is 0.720. The van der Waals surface area contributed by atoms with Crippen LogP contribution in [0.3, 0.4) is 0 Å². The van der Waals surface area contributed by atoms with Crippen LogP contribution >= 0.6 is 0 Å². The molecule has 0 aliphatic rings. The quantitative estimate of drug-likeness (QED) is 0.826. The van der Waals surface area contributed by atoms with Crippen LogP contribution in [0.15, 0.2) is 24.3 Å². The van der Waals surface area contributed by atoms with E-state index in [4.69, 9.17) is 5.73 Å². The topological polar surface area (TPSA) is 63.4 Å². The average molecular weight is 228 g/mol. The Morgan fingerprint density at radius 1 is 1.27 bits per heavy atom. The van der Waals surface area contributed by atoms with Gasteiger partial charge in [0.1, 0.15) is 0 Å². The summed E-state index contributed by atoms with van der Waals surface area (Å²) >= 11 is 0. The van der Waals surface area contributed by atoms with Crippen LogP contribution in [0, 0.1) is 6.92 Å². The van der Waals surface area contributed by atoms with Crippen molar-refractivity contribution in [2.45, 2.75) is 6.92 Å². The van der Waals surface area contributed by atoms with Crippen LogP contribution in [0.2, 0.25) is 0 Å². The maximum atomic E-state index is 11.7. The minimum Gasteiger partial charge on any atom is -0.329 e. The van der Waals surface area contributed by atoms with Gasteiger partial charge in [-0.3, -0.25) is 4.31 Å². The highest BCUT2D eigenvalue weighted by Gasteiger charge is 2.16. The van der Waals surface area contributed by atoms with Gasteiger partial charge >= 0.3 is 0 Å². The molecule has 84 valence electrons. The zero-order chi connectivity index (χ0) is 11.5. The number of nitrogens with zero attached hydrogens (tertiary/aromatic N) is 1. The summed E-state index contributed by atoms with van der Waals surface area (Å²) in [4.78, 5) is 0. The van der Waals surface area contributed by atoms with Crippen LogP contribution in [0.25, 0.3) is 0 Å². The van der Waals surface area contributed by atoms with E-state index < -0.39 is 10.0 Å². The molecular weight excluding hydrogens is 212 g/mol. The first-order chi connectivity index (χ1) is 6.97. The monoisotopic (exact) mass is 228 g/mol. The van der Waals surface area contributed by atoms with Crippen molar-refractivity contribution in [2.24, 2.45) is 5.73 Å². The molecule has 0 bridgehead atoms. The number of nitrogens with two attached hydrogens (primary N) is 1. The molecule has 0 unspecified atom stereocenters. The van der Waals surface area contributed by atoms with E-state index >= 15 is 0 Å². The normalized spacial score (nSPS) is 11.4. The molecule has 1 rings (SSSR count). The molecule has 5 heteroatoms. The van der Waals surface area contributed by atoms with Crippen molar-refractivity contribution < 1.29 is 8.42 Å². The Labute approximate surface area is 90.8 Å². The van der Waals surface area contributed by atoms with Crippen molar-refractivity contribution in [1.29, 1.82) is 0 Å². The van der Waals surface area contributed by atoms with Gasteiger partial charge in [-0.1, -0.05) is 17.7 Å². The van der Waals surface area contributed by atoms with Crippen LogP contribution in [-0.4, -0.2) is 27.8 Å². The molecule has 0 aromatic heterocycles. The van der Waals surface area contributed by atoms with Gasteiger partial charge in [0.25, 0.3) is 0 Å². The molecule has 0 heterocycles. The van der Waals surface area contributed by atoms with Crippen molar-refractivity contribution in [2.75, 3.05) is 23.7 Å². The number of anilines is 1. The summed E-state index contributed by atoms with van der Waals surface area (Å²) in [7, 11) is -1.73. The molecule has 1 aromatic rings. The van der Waals surface area contributed by atoms with Gasteiger partial charge in [-0.25, -0.2) is 8.42 Å². The van der Waals surface area contributed by atoms with Gasteiger partial charge in [-0.05, 0) is 19.1 Å². The third-order valence-corrected chi connectivity index (χ3v) is 3.99. The van der Waals surface area contributed by atoms with Gasteiger partial charge in [0.2, 0.25) is 10.0 Å². The van der Waals surface area contributed by atoms with Crippen molar-refractivity contribution in [3.63, 3.8) is 0 Å². The molecule has 0 amide bonds. The molecule has 0 saturated heterocycles. The van der Waals surface area contributed by atoms with Gasteiger partial charge in [0.15, 0.2) is 0 Å². The standard InChI is InChI=1S/C10H16N2O2S/c1-9-3-5-10(6-4-9)12(2)15(13,14)8-7-11/h3-6H,7-8,11H2,1-2H3. The molecule has 0 aliphatic heterocycles. The van der Waals surface area contributed by atoms with Crippen molar-refractivity contribution in [3.8, 4) is 0 Å². The molecule has 1 aromatic carbocycles. The third-order valence-electron chi connectivity index (χ3n) is 2.19. The zero-order valence-corrected chi connectivity index (χ0v) is 9.79. The number of sulfonamides is 1. The van der Waals surface area contributed by atoms with Gasteiger partial charge < -0.3 is 5.73 Å². The van der Waals surface area contributed by atoms with E-state index in [1.54, 1.807) is 12.1 Å². The molecule has 0 aliphatic carbocycles. The predicted molar refractivity (Wildman–Crippen MR) is 62.4 cm³/mol. The fourth-order valence-corrected chi connectivity index (χ4v) is 2.22. The molecule has 15 heavy (non-hydrogen) atoms. The van der Waals surface area contributed by atoms with Gasteiger partial charge in [0.05, 0.1) is 11.4 Å². The number of benzene rings is 1. The molecule has 2 N–H and O–H groups in total. The van der Waals surface area contributed by atoms with Crippen molar-refractivity contribution in [3.05, 3.63) is 29.8 Å². The van der Waals surface area contributed by atoms with Crippen LogP contribution in [-0.2, 0) is 10.0 Å². The van der Waals surface area contributed by atoms with Crippen LogP contribution in [0.1, 0.15) is 5.56 Å². The lowest BCUT2D eigenvalue weighted by atomic mass is 10.2. The molecule has 0 spiro atoms. The number of rotatable bonds is 4. The second kappa shape index (κ2) is 4.63. The van der Waals surface area contributed by atoms with E-state index in [-0.39, 0.29) is 12.3 Å². The highest BCUT2D eigenvalue weighted by atomic mass is 32.2. The van der Waals surface area contributed by atoms with Crippen LogP contribution < -0.4 is 10.0 Å². The fraction of sp³-hybridized carbons (Fsp3) is 0.400. The van der Waals surface area contributed by atoms with Crippen molar-refractivity contribution in [1.82, 2.24) is 0 Å². The summed E-state index contributed by atoms with van der Waals surface area (Å²) in [6.45, 7) is 2.09. The highest BCUT2D eigenvalue weighted by Crippen LogP contribution is 2.16. The van der Waals surface area contributed by atoms with Crippen LogP contribution in [0.5, 0.6) is 0 Å². The Hall–Kier alpha value is -1.07. The first kappa shape index (κ1) is 12.0. The third kappa shape index (κ3) is 2.94. The molecule has 0 atom stereocenters. The van der Waals surface area contributed by atoms with Gasteiger partial charge in [0, 0.05) is 13.6 Å². The summed E-state index contributed by atoms with van der Waals surface area (Å²) < 4.78 is 24.6. The molecule has 0 saturated carbocycles. The zero-order valence-electron chi connectivity index (χ0n) is 8.97. The lowest BCUT2D eigenvalue weighted by molar-refractivity contribution is 0.594. The van der Waals surface area contributed by atoms with Gasteiger partial charge in [-0.15, -0.1) is 0 Å². The van der Waals surface area contributed by atoms with E-state index in [1.807, 2.05) is 19.1 Å². The average Bonchev–Trinajstić information content (AvgIpc) is 2.18. The minimum absolute atomic E-state index is 0.0304. The summed E-state index contributed by atoms with van der Waals surface area (Å²) in [6.07, 6.45) is 0. The first-order valence-corrected chi connectivity index (χ1v) is 6.31. The Kier molecular flexibility index (Phi) is 3.71. The Bertz CT molecular complexity index is 412. The highest BCUT2D eigenvalue weighted by molar-refractivity contribution is 7.92. The summed E-state index contributed by atoms with van der Waals surface area (Å²) in [5, 5.41) is 0. The maximum absolute atomic E-state index is 11.7. The number of hydrogen-bond acceptors (Lipinski definition) is 3. The van der Waals surface area contributed by atoms with Crippen molar-refractivity contribution >= 4 is 15.7 Å². The van der Waals surface area contributed by atoms with Crippen LogP contribution in [0.4, 0.5) is 5.69 Å². The SMILES string of the molecule is Cc1ccc(N(C)S(=O)(=O)CCN)cc1. The summed E-state index contributed by atoms with van der Waals surface area (Å²) in [5.74, 6) is -0.0304. The Morgan fingerprint density at radius 2 is 1.80 bits per heavy atom. The van der Waals surface area contributed by atoms with E-state index in [9.17, 15) is 8.42 Å².